The van der Waals surface area contributed by atoms with E-state index in [4.69, 9.17) is 5.11 Å². The minimum atomic E-state index is -0.999. The van der Waals surface area contributed by atoms with Gasteiger partial charge in [0, 0.05) is 11.7 Å². The van der Waals surface area contributed by atoms with Crippen molar-refractivity contribution >= 4 is 17.7 Å². The minimum absolute atomic E-state index is 0.0578. The summed E-state index contributed by atoms with van der Waals surface area (Å²) in [4.78, 5) is 23.2. The van der Waals surface area contributed by atoms with Crippen LogP contribution in [0.3, 0.4) is 0 Å². The largest absolute Gasteiger partial charge is 0.478 e. The van der Waals surface area contributed by atoms with Crippen molar-refractivity contribution in [3.63, 3.8) is 0 Å². The summed E-state index contributed by atoms with van der Waals surface area (Å²) in [5.41, 5.74) is 1.38. The van der Waals surface area contributed by atoms with Crippen molar-refractivity contribution in [2.24, 2.45) is 10.8 Å². The number of amides is 2. The van der Waals surface area contributed by atoms with Gasteiger partial charge in [-0.15, -0.1) is 0 Å². The van der Waals surface area contributed by atoms with Crippen LogP contribution >= 0.6 is 0 Å². The summed E-state index contributed by atoms with van der Waals surface area (Å²) in [5, 5.41) is 14.8. The standard InChI is InChI=1S/C16H22N2O3/c1-9-10(12(19)20)7-6-8-11(9)17-14(21)18-13-15(2,3)16(13,4)5/h6-8,13H,1-5H3,(H,19,20)(H2,17,18,21). The number of hydrogen-bond acceptors (Lipinski definition) is 2. The molecular weight excluding hydrogens is 268 g/mol. The molecule has 5 heteroatoms. The molecule has 0 aliphatic heterocycles. The number of carbonyl (C=O) groups is 2. The third-order valence-corrected chi connectivity index (χ3v) is 5.11. The first kappa shape index (κ1) is 15.4. The lowest BCUT2D eigenvalue weighted by Crippen LogP contribution is -2.34. The highest BCUT2D eigenvalue weighted by atomic mass is 16.4. The van der Waals surface area contributed by atoms with E-state index in [1.54, 1.807) is 19.1 Å². The van der Waals surface area contributed by atoms with Gasteiger partial charge in [-0.25, -0.2) is 9.59 Å². The van der Waals surface area contributed by atoms with Crippen LogP contribution in [0, 0.1) is 17.8 Å². The van der Waals surface area contributed by atoms with E-state index < -0.39 is 5.97 Å². The van der Waals surface area contributed by atoms with Crippen LogP contribution in [0.4, 0.5) is 10.5 Å². The van der Waals surface area contributed by atoms with Gasteiger partial charge in [-0.2, -0.15) is 0 Å². The molecule has 3 N–H and O–H groups in total. The van der Waals surface area contributed by atoms with E-state index in [1.165, 1.54) is 6.07 Å². The van der Waals surface area contributed by atoms with Gasteiger partial charge < -0.3 is 15.7 Å². The van der Waals surface area contributed by atoms with Crippen LogP contribution in [0.5, 0.6) is 0 Å². The average molecular weight is 290 g/mol. The van der Waals surface area contributed by atoms with E-state index >= 15 is 0 Å². The van der Waals surface area contributed by atoms with Gasteiger partial charge in [0.15, 0.2) is 0 Å². The van der Waals surface area contributed by atoms with E-state index in [0.717, 1.165) is 0 Å². The Bertz CT molecular complexity index is 592. The third-order valence-electron chi connectivity index (χ3n) is 5.11. The van der Waals surface area contributed by atoms with Gasteiger partial charge in [0.05, 0.1) is 5.56 Å². The molecule has 0 aromatic heterocycles. The second kappa shape index (κ2) is 4.76. The number of urea groups is 1. The normalized spacial score (nSPS) is 18.9. The molecule has 1 aliphatic carbocycles. The molecule has 0 bridgehead atoms. The van der Waals surface area contributed by atoms with E-state index in [1.807, 2.05) is 0 Å². The number of carboxylic acids is 1. The smallest absolute Gasteiger partial charge is 0.336 e. The number of anilines is 1. The molecule has 2 amide bonds. The van der Waals surface area contributed by atoms with Gasteiger partial charge in [0.2, 0.25) is 0 Å². The third kappa shape index (κ3) is 2.48. The van der Waals surface area contributed by atoms with Crippen LogP contribution in [0.15, 0.2) is 18.2 Å². The molecule has 114 valence electrons. The van der Waals surface area contributed by atoms with Crippen molar-refractivity contribution in [2.75, 3.05) is 5.32 Å². The fourth-order valence-corrected chi connectivity index (χ4v) is 2.85. The predicted octanol–water partition coefficient (Wildman–Crippen LogP) is 3.25. The van der Waals surface area contributed by atoms with Gasteiger partial charge in [0.25, 0.3) is 0 Å². The number of benzene rings is 1. The number of hydrogen-bond donors (Lipinski definition) is 3. The highest BCUT2D eigenvalue weighted by Crippen LogP contribution is 2.62. The molecule has 21 heavy (non-hydrogen) atoms. The van der Waals surface area contributed by atoms with Crippen LogP contribution in [-0.4, -0.2) is 23.1 Å². The Kier molecular flexibility index (Phi) is 3.48. The van der Waals surface area contributed by atoms with Crippen molar-refractivity contribution in [2.45, 2.75) is 40.7 Å². The molecule has 0 unspecified atom stereocenters. The lowest BCUT2D eigenvalue weighted by molar-refractivity contribution is 0.0696. The summed E-state index contributed by atoms with van der Waals surface area (Å²) in [7, 11) is 0. The lowest BCUT2D eigenvalue weighted by atomic mass is 10.0. The molecule has 1 fully saturated rings. The molecule has 1 saturated carbocycles. The molecule has 1 aromatic rings. The van der Waals surface area contributed by atoms with Crippen molar-refractivity contribution in [1.29, 1.82) is 0 Å². The summed E-state index contributed by atoms with van der Waals surface area (Å²) < 4.78 is 0. The van der Waals surface area contributed by atoms with E-state index in [9.17, 15) is 9.59 Å². The second-order valence-corrected chi connectivity index (χ2v) is 6.76. The van der Waals surface area contributed by atoms with E-state index in [-0.39, 0.29) is 28.5 Å². The molecule has 0 spiro atoms. The first-order valence-electron chi connectivity index (χ1n) is 6.99. The average Bonchev–Trinajstić information content (AvgIpc) is 2.74. The maximum Gasteiger partial charge on any atom is 0.336 e. The Morgan fingerprint density at radius 2 is 1.71 bits per heavy atom. The molecule has 0 saturated heterocycles. The minimum Gasteiger partial charge on any atom is -0.478 e. The second-order valence-electron chi connectivity index (χ2n) is 6.76. The summed E-state index contributed by atoms with van der Waals surface area (Å²) in [6.07, 6.45) is 0. The summed E-state index contributed by atoms with van der Waals surface area (Å²) in [6, 6.07) is 4.65. The Hall–Kier alpha value is -2.04. The number of carbonyl (C=O) groups excluding carboxylic acids is 1. The molecule has 1 aliphatic rings. The highest BCUT2D eigenvalue weighted by molar-refractivity contribution is 5.95. The quantitative estimate of drug-likeness (QED) is 0.799. The predicted molar refractivity (Wildman–Crippen MR) is 81.6 cm³/mol. The summed E-state index contributed by atoms with van der Waals surface area (Å²) in [6.45, 7) is 10.2. The zero-order valence-corrected chi connectivity index (χ0v) is 13.1. The van der Waals surface area contributed by atoms with Crippen LogP contribution in [0.2, 0.25) is 0 Å². The van der Waals surface area contributed by atoms with E-state index in [0.29, 0.717) is 11.3 Å². The first-order valence-corrected chi connectivity index (χ1v) is 6.99. The Morgan fingerprint density at radius 3 is 2.19 bits per heavy atom. The number of rotatable bonds is 3. The fraction of sp³-hybridized carbons (Fsp3) is 0.500. The van der Waals surface area contributed by atoms with Crippen LogP contribution in [0.1, 0.15) is 43.6 Å². The maximum absolute atomic E-state index is 12.1. The van der Waals surface area contributed by atoms with Crippen molar-refractivity contribution in [3.8, 4) is 0 Å². The molecule has 0 heterocycles. The monoisotopic (exact) mass is 290 g/mol. The zero-order valence-electron chi connectivity index (χ0n) is 13.1. The van der Waals surface area contributed by atoms with Gasteiger partial charge in [-0.1, -0.05) is 33.8 Å². The molecule has 0 atom stereocenters. The Balaban J connectivity index is 2.08. The van der Waals surface area contributed by atoms with Crippen LogP contribution < -0.4 is 10.6 Å². The molecule has 5 nitrogen and oxygen atoms in total. The zero-order chi connectivity index (χ0) is 16.0. The number of aromatic carboxylic acids is 1. The van der Waals surface area contributed by atoms with E-state index in [2.05, 4.69) is 38.3 Å². The maximum atomic E-state index is 12.1. The van der Waals surface area contributed by atoms with Crippen LogP contribution in [-0.2, 0) is 0 Å². The molecule has 2 rings (SSSR count). The lowest BCUT2D eigenvalue weighted by Gasteiger charge is -2.12. The number of carboxylic acid groups (broad SMARTS) is 1. The van der Waals surface area contributed by atoms with Crippen LogP contribution in [0.25, 0.3) is 0 Å². The number of nitrogens with one attached hydrogen (secondary N) is 2. The topological polar surface area (TPSA) is 78.4 Å². The van der Waals surface area contributed by atoms with Crippen molar-refractivity contribution in [1.82, 2.24) is 5.32 Å². The van der Waals surface area contributed by atoms with Gasteiger partial charge >= 0.3 is 12.0 Å². The fourth-order valence-electron chi connectivity index (χ4n) is 2.85. The van der Waals surface area contributed by atoms with Crippen molar-refractivity contribution < 1.29 is 14.7 Å². The van der Waals surface area contributed by atoms with Gasteiger partial charge in [-0.3, -0.25) is 0 Å². The SMILES string of the molecule is Cc1c(NC(=O)NC2C(C)(C)C2(C)C)cccc1C(=O)O. The Morgan fingerprint density at radius 1 is 1.14 bits per heavy atom. The Labute approximate surface area is 124 Å². The van der Waals surface area contributed by atoms with Gasteiger partial charge in [0.1, 0.15) is 0 Å². The summed E-state index contributed by atoms with van der Waals surface area (Å²) >= 11 is 0. The first-order chi connectivity index (χ1) is 9.59. The molecule has 1 aromatic carbocycles. The molecular formula is C16H22N2O3. The highest BCUT2D eigenvalue weighted by Gasteiger charge is 2.65. The molecule has 0 radical (unpaired) electrons. The van der Waals surface area contributed by atoms with Gasteiger partial charge in [-0.05, 0) is 35.4 Å². The summed E-state index contributed by atoms with van der Waals surface area (Å²) in [5.74, 6) is -0.999. The van der Waals surface area contributed by atoms with Crippen molar-refractivity contribution in [3.05, 3.63) is 29.3 Å².